The third-order valence-electron chi connectivity index (χ3n) is 7.28. The number of hydrogen-bond donors (Lipinski definition) is 3. The van der Waals surface area contributed by atoms with E-state index in [0.29, 0.717) is 18.4 Å². The van der Waals surface area contributed by atoms with Crippen molar-refractivity contribution in [2.75, 3.05) is 0 Å². The van der Waals surface area contributed by atoms with Crippen molar-refractivity contribution >= 4 is 17.9 Å². The maximum atomic E-state index is 14.1. The third kappa shape index (κ3) is 5.24. The lowest BCUT2D eigenvalue weighted by Crippen LogP contribution is -2.64. The Morgan fingerprint density at radius 1 is 1.12 bits per heavy atom. The van der Waals surface area contributed by atoms with Gasteiger partial charge in [-0.1, -0.05) is 18.2 Å². The lowest BCUT2D eigenvalue weighted by atomic mass is 9.84. The molecule has 12 heteroatoms. The molecule has 40 heavy (non-hydrogen) atoms. The fourth-order valence-electron chi connectivity index (χ4n) is 5.41. The van der Waals surface area contributed by atoms with Crippen LogP contribution in [0.4, 0.5) is 13.6 Å². The van der Waals surface area contributed by atoms with Crippen LogP contribution in [-0.2, 0) is 16.1 Å². The topological polar surface area (TPSA) is 144 Å². The van der Waals surface area contributed by atoms with Gasteiger partial charge in [-0.15, -0.1) is 0 Å². The highest BCUT2D eigenvalue weighted by molar-refractivity contribution is 5.97. The number of amides is 3. The highest BCUT2D eigenvalue weighted by atomic mass is 19.1. The number of carbonyl (C=O) groups excluding carboxylic acids is 3. The number of nitrogens with one attached hydrogen (secondary N) is 1. The van der Waals surface area contributed by atoms with Crippen LogP contribution in [0, 0.1) is 11.6 Å². The van der Waals surface area contributed by atoms with Gasteiger partial charge in [0.15, 0.2) is 0 Å². The van der Waals surface area contributed by atoms with Crippen molar-refractivity contribution in [2.24, 2.45) is 5.73 Å². The van der Waals surface area contributed by atoms with E-state index in [-0.39, 0.29) is 42.4 Å². The number of carbonyl (C=O) groups is 3. The fraction of sp³-hybridized carbons (Fsp3) is 0.286. The number of piperidine rings is 1. The Hall–Kier alpha value is -4.74. The number of hydrogen-bond acceptors (Lipinski definition) is 7. The van der Waals surface area contributed by atoms with Gasteiger partial charge >= 0.3 is 6.09 Å². The first-order valence-corrected chi connectivity index (χ1v) is 12.6. The van der Waals surface area contributed by atoms with Gasteiger partial charge in [0, 0.05) is 24.1 Å². The van der Waals surface area contributed by atoms with Crippen LogP contribution in [0.15, 0.2) is 60.8 Å². The van der Waals surface area contributed by atoms with E-state index in [4.69, 9.17) is 15.2 Å². The molecule has 1 aromatic heterocycles. The van der Waals surface area contributed by atoms with E-state index in [0.717, 1.165) is 12.3 Å². The van der Waals surface area contributed by atoms with Gasteiger partial charge in [0.2, 0.25) is 11.8 Å². The summed E-state index contributed by atoms with van der Waals surface area (Å²) in [5.74, 6) is -2.72. The Bertz CT molecular complexity index is 1450. The Morgan fingerprint density at radius 2 is 1.88 bits per heavy atom. The largest absolute Gasteiger partial charge is 0.508 e. The molecule has 10 nitrogen and oxygen atoms in total. The molecule has 3 atom stereocenters. The van der Waals surface area contributed by atoms with Crippen LogP contribution < -0.4 is 15.8 Å². The number of ether oxygens (including phenoxy) is 2. The Kier molecular flexibility index (Phi) is 7.24. The van der Waals surface area contributed by atoms with Crippen molar-refractivity contribution in [1.82, 2.24) is 15.2 Å². The molecule has 2 aliphatic heterocycles. The summed E-state index contributed by atoms with van der Waals surface area (Å²) in [6.45, 7) is -0.201. The zero-order chi connectivity index (χ0) is 28.4. The standard InChI is InChI=1S/C28H26F2N4O6/c29-17-5-7-21(8-6-17)40-25-22(11-18(30)14-32-25)24(36)33-19-12-20-9-10-28(13-19,26(31)37)34(20)27(38)39-15-16-3-1-2-4-23(16)35/h1-8,11,14,19-20,35H,9-10,12-13,15H2,(H2,31,37)(H,33,36). The summed E-state index contributed by atoms with van der Waals surface area (Å²) in [5, 5.41) is 12.8. The second-order valence-electron chi connectivity index (χ2n) is 9.81. The van der Waals surface area contributed by atoms with Crippen molar-refractivity contribution in [3.8, 4) is 17.4 Å². The second-order valence-corrected chi connectivity index (χ2v) is 9.81. The molecule has 3 amide bonds. The lowest BCUT2D eigenvalue weighted by Gasteiger charge is -2.45. The first-order chi connectivity index (χ1) is 19.2. The smallest absolute Gasteiger partial charge is 0.411 e. The third-order valence-corrected chi connectivity index (χ3v) is 7.28. The number of aromatic hydroxyl groups is 1. The lowest BCUT2D eigenvalue weighted by molar-refractivity contribution is -0.131. The monoisotopic (exact) mass is 552 g/mol. The number of nitrogens with two attached hydrogens (primary N) is 1. The minimum atomic E-state index is -1.40. The van der Waals surface area contributed by atoms with Gasteiger partial charge in [-0.25, -0.2) is 18.6 Å². The number of para-hydroxylation sites is 1. The number of halogens is 2. The number of benzene rings is 2. The van der Waals surface area contributed by atoms with Gasteiger partial charge in [-0.05, 0) is 55.7 Å². The normalized spacial score (nSPS) is 21.5. The molecular formula is C28H26F2N4O6. The van der Waals surface area contributed by atoms with Crippen molar-refractivity contribution in [3.63, 3.8) is 0 Å². The Morgan fingerprint density at radius 3 is 2.60 bits per heavy atom. The second kappa shape index (κ2) is 10.8. The maximum Gasteiger partial charge on any atom is 0.411 e. The van der Waals surface area contributed by atoms with Gasteiger partial charge in [0.1, 0.15) is 40.8 Å². The molecule has 3 heterocycles. The van der Waals surface area contributed by atoms with Gasteiger partial charge in [-0.2, -0.15) is 0 Å². The van der Waals surface area contributed by atoms with E-state index in [2.05, 4.69) is 10.3 Å². The number of aromatic nitrogens is 1. The SMILES string of the molecule is NC(=O)C12CCC(CC(NC(=O)c3cc(F)cnc3Oc3ccc(F)cc3)C1)N2C(=O)OCc1ccccc1O. The molecule has 2 bridgehead atoms. The van der Waals surface area contributed by atoms with Gasteiger partial charge < -0.3 is 25.6 Å². The average molecular weight is 553 g/mol. The molecule has 208 valence electrons. The molecule has 0 radical (unpaired) electrons. The molecule has 2 fully saturated rings. The van der Waals surface area contributed by atoms with Crippen molar-refractivity contribution in [3.05, 3.63) is 83.6 Å². The number of nitrogens with zero attached hydrogens (tertiary/aromatic N) is 2. The zero-order valence-electron chi connectivity index (χ0n) is 21.2. The highest BCUT2D eigenvalue weighted by Gasteiger charge is 2.58. The summed E-state index contributed by atoms with van der Waals surface area (Å²) < 4.78 is 38.3. The van der Waals surface area contributed by atoms with Gasteiger partial charge in [-0.3, -0.25) is 14.5 Å². The summed E-state index contributed by atoms with van der Waals surface area (Å²) in [5.41, 5.74) is 4.60. The van der Waals surface area contributed by atoms with E-state index in [1.165, 1.54) is 35.2 Å². The predicted molar refractivity (Wildman–Crippen MR) is 136 cm³/mol. The molecule has 2 aromatic carbocycles. The molecule has 2 aliphatic rings. The van der Waals surface area contributed by atoms with Crippen LogP contribution in [0.25, 0.3) is 0 Å². The minimum Gasteiger partial charge on any atom is -0.508 e. The van der Waals surface area contributed by atoms with E-state index in [1.54, 1.807) is 18.2 Å². The molecule has 0 aliphatic carbocycles. The van der Waals surface area contributed by atoms with Crippen LogP contribution in [-0.4, -0.2) is 50.5 Å². The van der Waals surface area contributed by atoms with E-state index in [9.17, 15) is 28.3 Å². The van der Waals surface area contributed by atoms with E-state index >= 15 is 0 Å². The predicted octanol–water partition coefficient (Wildman–Crippen LogP) is 3.78. The number of phenolic OH excluding ortho intramolecular Hbond substituents is 1. The summed E-state index contributed by atoms with van der Waals surface area (Å²) in [6.07, 6.45) is 1.19. The molecule has 3 unspecified atom stereocenters. The average Bonchev–Trinajstić information content (AvgIpc) is 3.18. The number of rotatable bonds is 7. The van der Waals surface area contributed by atoms with Crippen LogP contribution in [0.1, 0.15) is 41.6 Å². The quantitative estimate of drug-likeness (QED) is 0.405. The molecule has 4 N–H and O–H groups in total. The Labute approximate surface area is 227 Å². The highest BCUT2D eigenvalue weighted by Crippen LogP contribution is 2.45. The summed E-state index contributed by atoms with van der Waals surface area (Å²) >= 11 is 0. The molecule has 0 spiro atoms. The number of fused-ring (bicyclic) bond motifs is 2. The van der Waals surface area contributed by atoms with Crippen molar-refractivity contribution in [2.45, 2.75) is 49.9 Å². The van der Waals surface area contributed by atoms with Crippen LogP contribution in [0.2, 0.25) is 0 Å². The molecule has 5 rings (SSSR count). The van der Waals surface area contributed by atoms with Crippen molar-refractivity contribution in [1.29, 1.82) is 0 Å². The molecular weight excluding hydrogens is 526 g/mol. The summed E-state index contributed by atoms with van der Waals surface area (Å²) in [7, 11) is 0. The minimum absolute atomic E-state index is 0.0210. The van der Waals surface area contributed by atoms with Gasteiger partial charge in [0.05, 0.1) is 6.20 Å². The van der Waals surface area contributed by atoms with E-state index in [1.807, 2.05) is 0 Å². The van der Waals surface area contributed by atoms with Crippen LogP contribution >= 0.6 is 0 Å². The van der Waals surface area contributed by atoms with Crippen molar-refractivity contribution < 1.29 is 37.7 Å². The number of primary amides is 1. The number of phenols is 1. The Balaban J connectivity index is 1.31. The molecule has 2 saturated heterocycles. The van der Waals surface area contributed by atoms with E-state index < -0.39 is 47.2 Å². The van der Waals surface area contributed by atoms with Crippen LogP contribution in [0.5, 0.6) is 17.4 Å². The summed E-state index contributed by atoms with van der Waals surface area (Å²) in [6, 6.07) is 11.3. The first-order valence-electron chi connectivity index (χ1n) is 12.6. The summed E-state index contributed by atoms with van der Waals surface area (Å²) in [4.78, 5) is 44.3. The molecule has 3 aromatic rings. The fourth-order valence-corrected chi connectivity index (χ4v) is 5.41. The zero-order valence-corrected chi connectivity index (χ0v) is 21.2. The maximum absolute atomic E-state index is 14.1. The van der Waals surface area contributed by atoms with Crippen LogP contribution in [0.3, 0.4) is 0 Å². The number of pyridine rings is 1. The molecule has 0 saturated carbocycles. The van der Waals surface area contributed by atoms with Gasteiger partial charge in [0.25, 0.3) is 5.91 Å². The first kappa shape index (κ1) is 26.9.